The molecule has 0 amide bonds. The summed E-state index contributed by atoms with van der Waals surface area (Å²) >= 11 is 11.8. The van der Waals surface area contributed by atoms with Crippen molar-refractivity contribution in [3.05, 3.63) is 5.01 Å². The monoisotopic (exact) mass is 246 g/mol. The number of rotatable bonds is 2. The van der Waals surface area contributed by atoms with Crippen molar-refractivity contribution in [2.24, 2.45) is 0 Å². The van der Waals surface area contributed by atoms with Gasteiger partial charge in [-0.15, -0.1) is 10.2 Å². The number of hydrogen-bond donors (Lipinski definition) is 0. The molecule has 1 aromatic heterocycles. The van der Waals surface area contributed by atoms with Crippen LogP contribution >= 0.6 is 34.5 Å². The lowest BCUT2D eigenvalue weighted by molar-refractivity contribution is 0.600. The molecule has 12 heavy (non-hydrogen) atoms. The molecule has 0 unspecified atom stereocenters. The average molecular weight is 247 g/mol. The third-order valence-corrected chi connectivity index (χ3v) is 4.26. The van der Waals surface area contributed by atoms with Crippen LogP contribution in [-0.2, 0) is 9.84 Å². The second kappa shape index (κ2) is 3.45. The fourth-order valence-corrected chi connectivity index (χ4v) is 2.30. The Morgan fingerprint density at radius 2 is 2.00 bits per heavy atom. The number of alkyl halides is 2. The van der Waals surface area contributed by atoms with Gasteiger partial charge in [0.05, 0.1) is 0 Å². The summed E-state index contributed by atoms with van der Waals surface area (Å²) in [4.78, 5) is -0.821. The summed E-state index contributed by atoms with van der Waals surface area (Å²) in [5.41, 5.74) is 0. The summed E-state index contributed by atoms with van der Waals surface area (Å²) < 4.78 is 21.7. The number of hydrogen-bond acceptors (Lipinski definition) is 5. The second-order valence-electron chi connectivity index (χ2n) is 1.98. The Morgan fingerprint density at radius 3 is 2.25 bits per heavy atom. The minimum Gasteiger partial charge on any atom is -0.221 e. The fourth-order valence-electron chi connectivity index (χ4n) is 0.458. The van der Waals surface area contributed by atoms with Crippen LogP contribution in [0.1, 0.15) is 9.84 Å². The zero-order valence-electron chi connectivity index (χ0n) is 5.86. The van der Waals surface area contributed by atoms with E-state index in [-0.39, 0.29) is 4.34 Å². The molecule has 0 aliphatic rings. The van der Waals surface area contributed by atoms with Gasteiger partial charge in [0.15, 0.2) is 9.84 Å². The molecule has 0 aliphatic heterocycles. The topological polar surface area (TPSA) is 59.9 Å². The summed E-state index contributed by atoms with van der Waals surface area (Å²) in [5, 5.41) is 7.22. The molecule has 0 atom stereocenters. The highest BCUT2D eigenvalue weighted by atomic mass is 35.5. The summed E-state index contributed by atoms with van der Waals surface area (Å²) in [6.45, 7) is 0. The predicted octanol–water partition coefficient (Wildman–Crippen LogP) is 1.42. The highest BCUT2D eigenvalue weighted by Gasteiger charge is 2.17. The SMILES string of the molecule is CS(=O)(=O)c1nnc(C(Cl)Cl)s1. The van der Waals surface area contributed by atoms with Crippen molar-refractivity contribution < 1.29 is 8.42 Å². The van der Waals surface area contributed by atoms with Gasteiger partial charge in [-0.25, -0.2) is 8.42 Å². The van der Waals surface area contributed by atoms with Crippen molar-refractivity contribution in [1.29, 1.82) is 0 Å². The second-order valence-corrected chi connectivity index (χ2v) is 6.27. The maximum absolute atomic E-state index is 10.9. The van der Waals surface area contributed by atoms with E-state index in [0.29, 0.717) is 5.01 Å². The molecule has 8 heteroatoms. The number of aromatic nitrogens is 2. The zero-order chi connectivity index (χ0) is 9.35. The van der Waals surface area contributed by atoms with Gasteiger partial charge >= 0.3 is 0 Å². The number of nitrogens with zero attached hydrogens (tertiary/aromatic N) is 2. The molecule has 68 valence electrons. The highest BCUT2D eigenvalue weighted by Crippen LogP contribution is 2.28. The highest BCUT2D eigenvalue weighted by molar-refractivity contribution is 7.92. The third kappa shape index (κ3) is 2.29. The van der Waals surface area contributed by atoms with Crippen molar-refractivity contribution >= 4 is 44.4 Å². The van der Waals surface area contributed by atoms with Crippen LogP contribution in [0.25, 0.3) is 0 Å². The van der Waals surface area contributed by atoms with Gasteiger partial charge in [-0.1, -0.05) is 34.5 Å². The molecular formula is C4H4Cl2N2O2S2. The first-order valence-corrected chi connectivity index (χ1v) is 6.31. The van der Waals surface area contributed by atoms with Gasteiger partial charge in [0.1, 0.15) is 0 Å². The first kappa shape index (κ1) is 10.2. The fraction of sp³-hybridized carbons (Fsp3) is 0.500. The standard InChI is InChI=1S/C4H4Cl2N2O2S2/c1-12(9,10)4-8-7-3(11-4)2(5)6/h2H,1H3. The molecule has 0 radical (unpaired) electrons. The van der Waals surface area contributed by atoms with Crippen molar-refractivity contribution in [1.82, 2.24) is 10.2 Å². The van der Waals surface area contributed by atoms with E-state index in [1.54, 1.807) is 0 Å². The Bertz CT molecular complexity index is 372. The molecular weight excluding hydrogens is 243 g/mol. The quantitative estimate of drug-likeness (QED) is 0.741. The number of halogens is 2. The Hall–Kier alpha value is 0.0900. The van der Waals surface area contributed by atoms with E-state index in [1.165, 1.54) is 0 Å². The Morgan fingerprint density at radius 1 is 1.42 bits per heavy atom. The van der Waals surface area contributed by atoms with Crippen molar-refractivity contribution in [3.8, 4) is 0 Å². The third-order valence-electron chi connectivity index (χ3n) is 0.926. The molecule has 1 rings (SSSR count). The normalized spacial score (nSPS) is 12.3. The van der Waals surface area contributed by atoms with Crippen LogP contribution in [0.2, 0.25) is 0 Å². The van der Waals surface area contributed by atoms with Crippen LogP contribution in [0.15, 0.2) is 4.34 Å². The van der Waals surface area contributed by atoms with Crippen LogP contribution in [0, 0.1) is 0 Å². The predicted molar refractivity (Wildman–Crippen MR) is 47.5 cm³/mol. The van der Waals surface area contributed by atoms with E-state index in [2.05, 4.69) is 10.2 Å². The van der Waals surface area contributed by atoms with Gasteiger partial charge < -0.3 is 0 Å². The minimum absolute atomic E-state index is 0.0659. The van der Waals surface area contributed by atoms with E-state index in [1.807, 2.05) is 0 Å². The maximum Gasteiger partial charge on any atom is 0.232 e. The van der Waals surface area contributed by atoms with Crippen LogP contribution < -0.4 is 0 Å². The first-order chi connectivity index (χ1) is 5.41. The van der Waals surface area contributed by atoms with E-state index in [0.717, 1.165) is 17.6 Å². The van der Waals surface area contributed by atoms with Gasteiger partial charge in [0.2, 0.25) is 14.2 Å². The molecule has 0 aliphatic carbocycles. The lowest BCUT2D eigenvalue weighted by Gasteiger charge is -1.88. The van der Waals surface area contributed by atoms with E-state index in [4.69, 9.17) is 23.2 Å². The average Bonchev–Trinajstić information content (AvgIpc) is 2.30. The molecule has 0 bridgehead atoms. The molecule has 0 fully saturated rings. The lowest BCUT2D eigenvalue weighted by atomic mass is 10.8. The molecule has 4 nitrogen and oxygen atoms in total. The van der Waals surface area contributed by atoms with Crippen LogP contribution in [0.4, 0.5) is 0 Å². The van der Waals surface area contributed by atoms with Gasteiger partial charge in [0, 0.05) is 6.26 Å². The molecule has 0 aromatic carbocycles. The van der Waals surface area contributed by atoms with Crippen molar-refractivity contribution in [3.63, 3.8) is 0 Å². The lowest BCUT2D eigenvalue weighted by Crippen LogP contribution is -1.95. The first-order valence-electron chi connectivity index (χ1n) is 2.73. The molecule has 1 aromatic rings. The van der Waals surface area contributed by atoms with E-state index >= 15 is 0 Å². The summed E-state index contributed by atoms with van der Waals surface area (Å²) in [5.74, 6) is 0. The largest absolute Gasteiger partial charge is 0.232 e. The smallest absolute Gasteiger partial charge is 0.221 e. The molecule has 0 spiro atoms. The van der Waals surface area contributed by atoms with Gasteiger partial charge in [0.25, 0.3) is 0 Å². The summed E-state index contributed by atoms with van der Waals surface area (Å²) in [7, 11) is -3.29. The van der Waals surface area contributed by atoms with Crippen LogP contribution in [-0.4, -0.2) is 24.9 Å². The van der Waals surface area contributed by atoms with E-state index < -0.39 is 14.7 Å². The van der Waals surface area contributed by atoms with Gasteiger partial charge in [-0.2, -0.15) is 0 Å². The summed E-state index contributed by atoms with van der Waals surface area (Å²) in [6, 6.07) is 0. The Kier molecular flexibility index (Phi) is 2.92. The molecule has 0 saturated carbocycles. The minimum atomic E-state index is -3.29. The maximum atomic E-state index is 10.9. The van der Waals surface area contributed by atoms with Gasteiger partial charge in [-0.05, 0) is 0 Å². The van der Waals surface area contributed by atoms with Crippen LogP contribution in [0.3, 0.4) is 0 Å². The molecule has 0 N–H and O–H groups in total. The zero-order valence-corrected chi connectivity index (χ0v) is 9.01. The van der Waals surface area contributed by atoms with Gasteiger partial charge in [-0.3, -0.25) is 0 Å². The number of sulfone groups is 1. The van der Waals surface area contributed by atoms with Crippen molar-refractivity contribution in [2.45, 2.75) is 9.18 Å². The Labute approximate surface area is 83.4 Å². The Balaban J connectivity index is 3.09. The van der Waals surface area contributed by atoms with E-state index in [9.17, 15) is 8.42 Å². The van der Waals surface area contributed by atoms with Crippen molar-refractivity contribution in [2.75, 3.05) is 6.26 Å². The van der Waals surface area contributed by atoms with Crippen LogP contribution in [0.5, 0.6) is 0 Å². The molecule has 0 saturated heterocycles. The molecule has 1 heterocycles. The summed E-state index contributed by atoms with van der Waals surface area (Å²) in [6.07, 6.45) is 1.05.